The lowest BCUT2D eigenvalue weighted by atomic mass is 9.83. The van der Waals surface area contributed by atoms with E-state index in [1.807, 2.05) is 72.8 Å². The summed E-state index contributed by atoms with van der Waals surface area (Å²) in [6.45, 7) is 4.88. The van der Waals surface area contributed by atoms with Crippen LogP contribution in [0.15, 0.2) is 174 Å². The predicted octanol–water partition coefficient (Wildman–Crippen LogP) is 14.7. The molecule has 0 radical (unpaired) electrons. The van der Waals surface area contributed by atoms with Gasteiger partial charge in [-0.15, -0.1) is 0 Å². The molecule has 10 heteroatoms. The molecular formula is C57H58BrN5O2S2. The number of para-hydroxylation sites is 1. The lowest BCUT2D eigenvalue weighted by Crippen LogP contribution is -2.34. The van der Waals surface area contributed by atoms with Crippen molar-refractivity contribution in [1.82, 2.24) is 10.6 Å². The zero-order chi connectivity index (χ0) is 46.0. The van der Waals surface area contributed by atoms with Crippen LogP contribution in [-0.4, -0.2) is 42.9 Å². The van der Waals surface area contributed by atoms with E-state index >= 15 is 0 Å². The monoisotopic (exact) mass is 987 g/mol. The molecule has 6 aromatic carbocycles. The molecule has 7 nitrogen and oxygen atoms in total. The number of amides is 2. The highest BCUT2D eigenvalue weighted by Gasteiger charge is 2.28. The van der Waals surface area contributed by atoms with E-state index in [4.69, 9.17) is 9.98 Å². The van der Waals surface area contributed by atoms with E-state index in [9.17, 15) is 9.59 Å². The minimum Gasteiger partial charge on any atom is -0.370 e. The summed E-state index contributed by atoms with van der Waals surface area (Å²) in [5.41, 5.74) is 10.3. The molecule has 0 bridgehead atoms. The fraction of sp³-hybridized carbons (Fsp3) is 0.298. The van der Waals surface area contributed by atoms with Crippen LogP contribution in [0, 0.1) is 11.8 Å². The lowest BCUT2D eigenvalue weighted by molar-refractivity contribution is 0.0944. The molecule has 4 aliphatic rings. The topological polar surface area (TPSA) is 86.2 Å². The molecule has 10 rings (SSSR count). The van der Waals surface area contributed by atoms with Crippen LogP contribution in [0.5, 0.6) is 0 Å². The van der Waals surface area contributed by atoms with E-state index in [0.717, 1.165) is 44.3 Å². The number of benzene rings is 6. The number of nitrogens with one attached hydrogen (secondary N) is 2. The van der Waals surface area contributed by atoms with Crippen molar-refractivity contribution in [3.05, 3.63) is 172 Å². The Kier molecular flexibility index (Phi) is 15.7. The summed E-state index contributed by atoms with van der Waals surface area (Å²) >= 11 is 7.06. The second-order valence-corrected chi connectivity index (χ2v) is 20.7. The number of aliphatic imine (C=N–C) groups is 2. The molecule has 6 aromatic rings. The summed E-state index contributed by atoms with van der Waals surface area (Å²) in [7, 11) is 0. The highest BCUT2D eigenvalue weighted by molar-refractivity contribution is 9.10. The molecule has 342 valence electrons. The maximum absolute atomic E-state index is 13.0. The van der Waals surface area contributed by atoms with Crippen LogP contribution < -0.4 is 15.5 Å². The number of nitrogens with zero attached hydrogens (tertiary/aromatic N) is 3. The molecule has 2 heterocycles. The van der Waals surface area contributed by atoms with Gasteiger partial charge in [0.05, 0.1) is 22.8 Å². The van der Waals surface area contributed by atoms with E-state index in [-0.39, 0.29) is 11.8 Å². The quantitative estimate of drug-likeness (QED) is 0.135. The van der Waals surface area contributed by atoms with Gasteiger partial charge in [0.25, 0.3) is 11.8 Å². The number of halogens is 1. The minimum absolute atomic E-state index is 0.0434. The summed E-state index contributed by atoms with van der Waals surface area (Å²) in [6.07, 6.45) is 12.5. The van der Waals surface area contributed by atoms with Gasteiger partial charge < -0.3 is 15.5 Å². The first kappa shape index (κ1) is 46.7. The number of anilines is 1. The summed E-state index contributed by atoms with van der Waals surface area (Å²) < 4.78 is 0.998. The standard InChI is InChI=1S/C30H33N3OS.C27H25BrN2OS/c1-2-33(24-13-7-4-8-14-24)20-19-31-30(34)23-17-18-28-26(21-23)32-29(22-11-5-3-6-12-22)25-15-9-10-16-27(25)35-28;28-22-12-6-4-10-20(22)17-29-27(31)19-14-15-25-23(16-19)30-26(18-8-2-1-3-9-18)21-11-5-7-13-24(21)32-25/h4,7-10,13-18,21-22H,2-3,5-6,11-12,19-20H2,1H3,(H,31,34);4-7,10-16,18H,1-3,8-9,17H2,(H,29,31). The molecule has 2 fully saturated rings. The molecule has 2 aliphatic heterocycles. The molecular weight excluding hydrogens is 931 g/mol. The zero-order valence-electron chi connectivity index (χ0n) is 38.2. The largest absolute Gasteiger partial charge is 0.370 e. The Labute approximate surface area is 412 Å². The van der Waals surface area contributed by atoms with Crippen LogP contribution in [-0.2, 0) is 6.54 Å². The average molecular weight is 989 g/mol. The summed E-state index contributed by atoms with van der Waals surface area (Å²) in [5.74, 6) is 0.860. The molecule has 0 spiro atoms. The van der Waals surface area contributed by atoms with Gasteiger partial charge in [-0.2, -0.15) is 0 Å². The SMILES string of the molecule is CCN(CCNC(=O)c1ccc2c(c1)N=C(C1CCCCC1)c1ccccc1S2)c1ccccc1.O=C(NCc1ccccc1Br)c1ccc2c(c1)N=C(C1CCCCC1)c1ccccc1S2. The lowest BCUT2D eigenvalue weighted by Gasteiger charge is -2.24. The van der Waals surface area contributed by atoms with E-state index < -0.39 is 0 Å². The van der Waals surface area contributed by atoms with Crippen molar-refractivity contribution in [2.24, 2.45) is 21.8 Å². The van der Waals surface area contributed by atoms with Crippen molar-refractivity contribution in [3.63, 3.8) is 0 Å². The van der Waals surface area contributed by atoms with Gasteiger partial charge in [0.1, 0.15) is 0 Å². The second kappa shape index (κ2) is 22.6. The van der Waals surface area contributed by atoms with Crippen molar-refractivity contribution in [1.29, 1.82) is 0 Å². The van der Waals surface area contributed by atoms with Crippen LogP contribution in [0.1, 0.15) is 109 Å². The van der Waals surface area contributed by atoms with Crippen molar-refractivity contribution >= 4 is 79.8 Å². The summed E-state index contributed by atoms with van der Waals surface area (Å²) in [4.78, 5) is 43.4. The van der Waals surface area contributed by atoms with Crippen LogP contribution >= 0.6 is 39.5 Å². The van der Waals surface area contributed by atoms with Gasteiger partial charge in [0, 0.05) is 90.0 Å². The van der Waals surface area contributed by atoms with Crippen molar-refractivity contribution in [3.8, 4) is 0 Å². The van der Waals surface area contributed by atoms with Crippen molar-refractivity contribution in [2.75, 3.05) is 24.5 Å². The Morgan fingerprint density at radius 2 is 1.07 bits per heavy atom. The summed E-state index contributed by atoms with van der Waals surface area (Å²) in [6, 6.07) is 47.3. The predicted molar refractivity (Wildman–Crippen MR) is 282 cm³/mol. The highest BCUT2D eigenvalue weighted by Crippen LogP contribution is 2.45. The first-order valence-corrected chi connectivity index (χ1v) is 26.4. The van der Waals surface area contributed by atoms with Crippen LogP contribution in [0.25, 0.3) is 0 Å². The molecule has 2 saturated carbocycles. The van der Waals surface area contributed by atoms with E-state index in [0.29, 0.717) is 36.1 Å². The second-order valence-electron chi connectivity index (χ2n) is 17.7. The number of hydrogen-bond donors (Lipinski definition) is 2. The Bertz CT molecular complexity index is 2760. The average Bonchev–Trinajstić information content (AvgIpc) is 3.66. The Hall–Kier alpha value is -5.42. The van der Waals surface area contributed by atoms with E-state index in [2.05, 4.69) is 105 Å². The number of carbonyl (C=O) groups excluding carboxylic acids is 2. The van der Waals surface area contributed by atoms with Crippen LogP contribution in [0.2, 0.25) is 0 Å². The van der Waals surface area contributed by atoms with Crippen LogP contribution in [0.3, 0.4) is 0 Å². The third-order valence-electron chi connectivity index (χ3n) is 13.2. The Balaban J connectivity index is 0.000000169. The fourth-order valence-corrected chi connectivity index (χ4v) is 12.1. The summed E-state index contributed by atoms with van der Waals surface area (Å²) in [5, 5.41) is 6.16. The smallest absolute Gasteiger partial charge is 0.251 e. The number of hydrogen-bond acceptors (Lipinski definition) is 7. The zero-order valence-corrected chi connectivity index (χ0v) is 41.4. The van der Waals surface area contributed by atoms with Gasteiger partial charge in [-0.25, -0.2) is 0 Å². The molecule has 0 saturated heterocycles. The third-order valence-corrected chi connectivity index (χ3v) is 16.3. The Morgan fingerprint density at radius 1 is 0.582 bits per heavy atom. The molecule has 0 aromatic heterocycles. The van der Waals surface area contributed by atoms with Crippen molar-refractivity contribution < 1.29 is 9.59 Å². The van der Waals surface area contributed by atoms with Gasteiger partial charge in [0.2, 0.25) is 0 Å². The van der Waals surface area contributed by atoms with Gasteiger partial charge in [-0.3, -0.25) is 19.6 Å². The van der Waals surface area contributed by atoms with E-state index in [1.54, 1.807) is 23.5 Å². The van der Waals surface area contributed by atoms with Gasteiger partial charge >= 0.3 is 0 Å². The van der Waals surface area contributed by atoms with Gasteiger partial charge in [0.15, 0.2) is 0 Å². The number of fused-ring (bicyclic) bond motifs is 4. The Morgan fingerprint density at radius 3 is 1.61 bits per heavy atom. The first-order valence-electron chi connectivity index (χ1n) is 24.0. The fourth-order valence-electron chi connectivity index (χ4n) is 9.62. The molecule has 2 aliphatic carbocycles. The van der Waals surface area contributed by atoms with Crippen molar-refractivity contribution in [2.45, 2.75) is 97.3 Å². The molecule has 0 unspecified atom stereocenters. The minimum atomic E-state index is -0.0790. The molecule has 2 amide bonds. The maximum atomic E-state index is 13.0. The third kappa shape index (κ3) is 11.5. The maximum Gasteiger partial charge on any atom is 0.251 e. The first-order chi connectivity index (χ1) is 32.9. The van der Waals surface area contributed by atoms with Gasteiger partial charge in [-0.05, 0) is 105 Å². The molecule has 67 heavy (non-hydrogen) atoms. The molecule has 0 atom stereocenters. The number of rotatable bonds is 11. The number of carbonyl (C=O) groups is 2. The number of likely N-dealkylation sites (N-methyl/N-ethyl adjacent to an activating group) is 1. The highest BCUT2D eigenvalue weighted by atomic mass is 79.9. The van der Waals surface area contributed by atoms with Gasteiger partial charge in [-0.1, -0.05) is 151 Å². The van der Waals surface area contributed by atoms with Crippen LogP contribution in [0.4, 0.5) is 17.1 Å². The normalized spacial score (nSPS) is 15.6. The molecule has 2 N–H and O–H groups in total. The van der Waals surface area contributed by atoms with E-state index in [1.165, 1.54) is 102 Å².